The van der Waals surface area contributed by atoms with E-state index in [1.807, 2.05) is 39.8 Å². The van der Waals surface area contributed by atoms with Crippen LogP contribution in [0, 0.1) is 25.7 Å². The molecule has 1 aromatic carbocycles. The summed E-state index contributed by atoms with van der Waals surface area (Å²) in [5.41, 5.74) is 2.21. The first-order chi connectivity index (χ1) is 17.3. The van der Waals surface area contributed by atoms with Gasteiger partial charge in [-0.1, -0.05) is 76.3 Å². The lowest BCUT2D eigenvalue weighted by Gasteiger charge is -2.36. The molecule has 0 bridgehead atoms. The minimum Gasteiger partial charge on any atom is -0.444 e. The Balaban J connectivity index is 2.50. The molecule has 208 valence electrons. The number of carbonyl (C=O) groups is 3. The molecule has 1 aromatic rings. The van der Waals surface area contributed by atoms with Gasteiger partial charge in [-0.2, -0.15) is 0 Å². The zero-order valence-electron chi connectivity index (χ0n) is 24.4. The SMILES string of the molecule is CCCCCNC(=O)C(c1cc(C)cc(C)c1)N(C(=O)C(NC(=O)OC(C)(C)C)C(C)CC)C1CC1C. The van der Waals surface area contributed by atoms with Gasteiger partial charge in [-0.25, -0.2) is 4.79 Å². The number of nitrogens with one attached hydrogen (secondary N) is 2. The van der Waals surface area contributed by atoms with Crippen LogP contribution in [-0.2, 0) is 14.3 Å². The first-order valence-corrected chi connectivity index (χ1v) is 14.0. The highest BCUT2D eigenvalue weighted by atomic mass is 16.6. The van der Waals surface area contributed by atoms with Crippen LogP contribution in [0.2, 0.25) is 0 Å². The number of aryl methyl sites for hydroxylation is 2. The van der Waals surface area contributed by atoms with E-state index in [0.717, 1.165) is 42.4 Å². The third-order valence-electron chi connectivity index (χ3n) is 7.00. The van der Waals surface area contributed by atoms with E-state index in [-0.39, 0.29) is 29.7 Å². The van der Waals surface area contributed by atoms with E-state index < -0.39 is 23.8 Å². The second-order valence-corrected chi connectivity index (χ2v) is 11.9. The minimum absolute atomic E-state index is 0.0632. The number of ether oxygens (including phenoxy) is 1. The molecule has 0 heterocycles. The quantitative estimate of drug-likeness (QED) is 0.343. The third kappa shape index (κ3) is 9.04. The predicted molar refractivity (Wildman–Crippen MR) is 148 cm³/mol. The summed E-state index contributed by atoms with van der Waals surface area (Å²) in [7, 11) is 0. The van der Waals surface area contributed by atoms with E-state index in [4.69, 9.17) is 4.74 Å². The summed E-state index contributed by atoms with van der Waals surface area (Å²) in [6, 6.07) is 4.43. The zero-order chi connectivity index (χ0) is 27.9. The van der Waals surface area contributed by atoms with Gasteiger partial charge in [-0.05, 0) is 64.9 Å². The Kier molecular flexibility index (Phi) is 11.0. The van der Waals surface area contributed by atoms with Crippen LogP contribution in [0.3, 0.4) is 0 Å². The van der Waals surface area contributed by atoms with Crippen LogP contribution < -0.4 is 10.6 Å². The normalized spacial score (nSPS) is 19.4. The second kappa shape index (κ2) is 13.3. The molecule has 3 amide bonds. The maximum atomic E-state index is 14.3. The van der Waals surface area contributed by atoms with Crippen LogP contribution in [0.5, 0.6) is 0 Å². The molecular weight excluding hydrogens is 466 g/mol. The van der Waals surface area contributed by atoms with Crippen LogP contribution in [0.4, 0.5) is 4.79 Å². The Hall–Kier alpha value is -2.57. The lowest BCUT2D eigenvalue weighted by atomic mass is 9.94. The largest absolute Gasteiger partial charge is 0.444 e. The first kappa shape index (κ1) is 30.7. The molecule has 0 radical (unpaired) electrons. The number of amides is 3. The fraction of sp³-hybridized carbons (Fsp3) is 0.700. The van der Waals surface area contributed by atoms with Crippen molar-refractivity contribution in [3.05, 3.63) is 34.9 Å². The number of hydrogen-bond donors (Lipinski definition) is 2. The van der Waals surface area contributed by atoms with Gasteiger partial charge in [-0.3, -0.25) is 9.59 Å². The summed E-state index contributed by atoms with van der Waals surface area (Å²) in [5.74, 6) is -0.260. The standard InChI is InChI=1S/C30H49N3O4/c1-10-12-13-14-31-27(34)26(23-16-19(3)15-20(4)17-23)33(24-18-22(24)6)28(35)25(21(5)11-2)32-29(36)37-30(7,8)9/h15-17,21-22,24-26H,10-14,18H2,1-9H3,(H,31,34)(H,32,36). The molecule has 1 aliphatic carbocycles. The molecular formula is C30H49N3O4. The van der Waals surface area contributed by atoms with Crippen molar-refractivity contribution in [1.29, 1.82) is 0 Å². The van der Waals surface area contributed by atoms with Gasteiger partial charge < -0.3 is 20.3 Å². The highest BCUT2D eigenvalue weighted by Crippen LogP contribution is 2.41. The van der Waals surface area contributed by atoms with Crippen molar-refractivity contribution in [1.82, 2.24) is 15.5 Å². The van der Waals surface area contributed by atoms with E-state index in [2.05, 4.69) is 30.5 Å². The summed E-state index contributed by atoms with van der Waals surface area (Å²) in [6.45, 7) is 18.1. The lowest BCUT2D eigenvalue weighted by molar-refractivity contribution is -0.144. The Morgan fingerprint density at radius 2 is 1.68 bits per heavy atom. The van der Waals surface area contributed by atoms with Crippen molar-refractivity contribution in [2.24, 2.45) is 11.8 Å². The average Bonchev–Trinajstić information content (AvgIpc) is 3.51. The smallest absolute Gasteiger partial charge is 0.408 e. The van der Waals surface area contributed by atoms with Crippen LogP contribution in [0.15, 0.2) is 18.2 Å². The number of rotatable bonds is 12. The van der Waals surface area contributed by atoms with Gasteiger partial charge in [0.25, 0.3) is 0 Å². The Labute approximate surface area is 224 Å². The van der Waals surface area contributed by atoms with Crippen molar-refractivity contribution in [3.8, 4) is 0 Å². The Morgan fingerprint density at radius 1 is 1.08 bits per heavy atom. The number of hydrogen-bond acceptors (Lipinski definition) is 4. The molecule has 7 nitrogen and oxygen atoms in total. The molecule has 0 aliphatic heterocycles. The lowest BCUT2D eigenvalue weighted by Crippen LogP contribution is -2.56. The highest BCUT2D eigenvalue weighted by Gasteiger charge is 2.48. The van der Waals surface area contributed by atoms with Crippen LogP contribution >= 0.6 is 0 Å². The topological polar surface area (TPSA) is 87.7 Å². The second-order valence-electron chi connectivity index (χ2n) is 11.9. The fourth-order valence-corrected chi connectivity index (χ4v) is 4.74. The molecule has 0 spiro atoms. The molecule has 2 N–H and O–H groups in total. The van der Waals surface area contributed by atoms with E-state index >= 15 is 0 Å². The average molecular weight is 516 g/mol. The number of alkyl carbamates (subject to hydrolysis) is 1. The van der Waals surface area contributed by atoms with Crippen molar-refractivity contribution in [2.45, 2.75) is 118 Å². The van der Waals surface area contributed by atoms with E-state index in [9.17, 15) is 14.4 Å². The molecule has 7 heteroatoms. The number of nitrogens with zero attached hydrogens (tertiary/aromatic N) is 1. The number of unbranched alkanes of at least 4 members (excludes halogenated alkanes) is 2. The monoisotopic (exact) mass is 515 g/mol. The summed E-state index contributed by atoms with van der Waals surface area (Å²) in [4.78, 5) is 42.6. The van der Waals surface area contributed by atoms with Crippen molar-refractivity contribution in [3.63, 3.8) is 0 Å². The molecule has 2 rings (SSSR count). The van der Waals surface area contributed by atoms with Gasteiger partial charge in [0.1, 0.15) is 17.7 Å². The Morgan fingerprint density at radius 3 is 2.16 bits per heavy atom. The van der Waals surface area contributed by atoms with Crippen LogP contribution in [0.25, 0.3) is 0 Å². The van der Waals surface area contributed by atoms with Gasteiger partial charge in [0.2, 0.25) is 11.8 Å². The molecule has 1 fully saturated rings. The molecule has 37 heavy (non-hydrogen) atoms. The van der Waals surface area contributed by atoms with Gasteiger partial charge in [0.05, 0.1) is 0 Å². The molecule has 1 aliphatic rings. The van der Waals surface area contributed by atoms with Crippen molar-refractivity contribution >= 4 is 17.9 Å². The van der Waals surface area contributed by atoms with Crippen LogP contribution in [0.1, 0.15) is 103 Å². The maximum absolute atomic E-state index is 14.3. The minimum atomic E-state index is -0.797. The molecule has 5 unspecified atom stereocenters. The van der Waals surface area contributed by atoms with Gasteiger partial charge in [0, 0.05) is 12.6 Å². The molecule has 1 saturated carbocycles. The molecule has 0 saturated heterocycles. The Bertz CT molecular complexity index is 919. The van der Waals surface area contributed by atoms with E-state index in [1.54, 1.807) is 25.7 Å². The van der Waals surface area contributed by atoms with Gasteiger partial charge in [-0.15, -0.1) is 0 Å². The summed E-state index contributed by atoms with van der Waals surface area (Å²) >= 11 is 0. The predicted octanol–water partition coefficient (Wildman–Crippen LogP) is 5.83. The number of carbonyl (C=O) groups excluding carboxylic acids is 3. The van der Waals surface area contributed by atoms with Crippen LogP contribution in [-0.4, -0.2) is 47.0 Å². The highest BCUT2D eigenvalue weighted by molar-refractivity contribution is 5.92. The molecule has 5 atom stereocenters. The van der Waals surface area contributed by atoms with Crippen molar-refractivity contribution in [2.75, 3.05) is 6.54 Å². The number of benzene rings is 1. The van der Waals surface area contributed by atoms with Gasteiger partial charge in [0.15, 0.2) is 0 Å². The fourth-order valence-electron chi connectivity index (χ4n) is 4.74. The van der Waals surface area contributed by atoms with E-state index in [0.29, 0.717) is 13.0 Å². The summed E-state index contributed by atoms with van der Waals surface area (Å²) in [6.07, 6.45) is 3.89. The third-order valence-corrected chi connectivity index (χ3v) is 7.00. The maximum Gasteiger partial charge on any atom is 0.408 e. The summed E-state index contributed by atoms with van der Waals surface area (Å²) < 4.78 is 5.49. The molecule has 0 aromatic heterocycles. The van der Waals surface area contributed by atoms with Crippen molar-refractivity contribution < 1.29 is 19.1 Å². The first-order valence-electron chi connectivity index (χ1n) is 14.0. The van der Waals surface area contributed by atoms with E-state index in [1.165, 1.54) is 0 Å². The summed E-state index contributed by atoms with van der Waals surface area (Å²) in [5, 5.41) is 5.94. The zero-order valence-corrected chi connectivity index (χ0v) is 24.4. The van der Waals surface area contributed by atoms with Gasteiger partial charge >= 0.3 is 6.09 Å².